The lowest BCUT2D eigenvalue weighted by Crippen LogP contribution is -2.18. The number of benzene rings is 5. The Hall–Kier alpha value is -5.41. The Morgan fingerprint density at radius 2 is 1.35 bits per heavy atom. The summed E-state index contributed by atoms with van der Waals surface area (Å²) in [6.07, 6.45) is 0. The van der Waals surface area contributed by atoms with Crippen molar-refractivity contribution < 1.29 is 24.1 Å². The van der Waals surface area contributed by atoms with Crippen LogP contribution < -0.4 is 0 Å². The van der Waals surface area contributed by atoms with Crippen molar-refractivity contribution >= 4 is 51.5 Å². The first-order valence-electron chi connectivity index (χ1n) is 13.2. The van der Waals surface area contributed by atoms with Crippen molar-refractivity contribution in [2.45, 2.75) is 23.6 Å². The molecular formula is C34H24N2O6S. The monoisotopic (exact) mass is 588 g/mol. The van der Waals surface area contributed by atoms with Crippen molar-refractivity contribution in [3.8, 4) is 0 Å². The van der Waals surface area contributed by atoms with Gasteiger partial charge in [0.05, 0.1) is 4.92 Å². The van der Waals surface area contributed by atoms with Gasteiger partial charge in [0, 0.05) is 51.1 Å². The fourth-order valence-corrected chi connectivity index (χ4v) is 5.24. The molecular weight excluding hydrogens is 564 g/mol. The molecule has 0 aliphatic rings. The summed E-state index contributed by atoms with van der Waals surface area (Å²) in [6, 6.07) is 31.7. The molecule has 0 spiro atoms. The topological polar surface area (TPSA) is 116 Å². The van der Waals surface area contributed by atoms with Gasteiger partial charge in [0.2, 0.25) is 5.78 Å². The first-order chi connectivity index (χ1) is 20.7. The number of hydrogen-bond donors (Lipinski definition) is 0. The number of Topliss-reactive ketones (excluding diaryl/α,β-unsaturated/α-hetero) is 1. The van der Waals surface area contributed by atoms with E-state index in [0.717, 1.165) is 27.5 Å². The molecule has 0 fully saturated rings. The third kappa shape index (κ3) is 6.74. The summed E-state index contributed by atoms with van der Waals surface area (Å²) in [6.45, 7) is 2.82. The number of rotatable bonds is 9. The van der Waals surface area contributed by atoms with Crippen LogP contribution in [0, 0.1) is 17.0 Å². The molecule has 0 aliphatic heterocycles. The van der Waals surface area contributed by atoms with E-state index in [1.165, 1.54) is 30.0 Å². The maximum atomic E-state index is 13.4. The van der Waals surface area contributed by atoms with Crippen LogP contribution in [0.15, 0.2) is 124 Å². The molecule has 0 saturated heterocycles. The summed E-state index contributed by atoms with van der Waals surface area (Å²) in [5.41, 5.74) is 1.77. The average Bonchev–Trinajstić information content (AvgIpc) is 3.01. The normalized spacial score (nSPS) is 11.3. The standard InChI is InChI=1S/C34H24N2O6S/c1-21-7-14-28(36(40)41)20-31(21)32(35-42-22(2)37)34(39)25-12-17-30(18-13-25)43-29-15-10-24(11-16-29)33(38)27-9-8-23-5-3-4-6-26(23)19-27/h3-20H,1-2H3. The molecule has 0 saturated carbocycles. The Morgan fingerprint density at radius 1 is 0.744 bits per heavy atom. The number of carbonyl (C=O) groups excluding carboxylic acids is 3. The van der Waals surface area contributed by atoms with Crippen molar-refractivity contribution in [2.24, 2.45) is 5.16 Å². The molecule has 0 radical (unpaired) electrons. The van der Waals surface area contributed by atoms with Crippen LogP contribution in [0.4, 0.5) is 5.69 Å². The highest BCUT2D eigenvalue weighted by molar-refractivity contribution is 7.99. The summed E-state index contributed by atoms with van der Waals surface area (Å²) < 4.78 is 0. The molecule has 0 atom stereocenters. The molecule has 0 N–H and O–H groups in total. The van der Waals surface area contributed by atoms with Gasteiger partial charge in [-0.15, -0.1) is 0 Å². The second kappa shape index (κ2) is 12.6. The maximum Gasteiger partial charge on any atom is 0.332 e. The number of nitro benzene ring substituents is 1. The summed E-state index contributed by atoms with van der Waals surface area (Å²) in [4.78, 5) is 55.2. The minimum Gasteiger partial charge on any atom is -0.318 e. The van der Waals surface area contributed by atoms with Crippen molar-refractivity contribution in [1.29, 1.82) is 0 Å². The van der Waals surface area contributed by atoms with Gasteiger partial charge in [0.25, 0.3) is 5.69 Å². The van der Waals surface area contributed by atoms with E-state index in [2.05, 4.69) is 5.16 Å². The summed E-state index contributed by atoms with van der Waals surface area (Å²) in [7, 11) is 0. The molecule has 0 bridgehead atoms. The van der Waals surface area contributed by atoms with Crippen LogP contribution in [0.3, 0.4) is 0 Å². The van der Waals surface area contributed by atoms with Crippen LogP contribution in [-0.4, -0.2) is 28.2 Å². The highest BCUT2D eigenvalue weighted by atomic mass is 32.2. The fourth-order valence-electron chi connectivity index (χ4n) is 4.42. The molecule has 0 unspecified atom stereocenters. The minimum absolute atomic E-state index is 0.0598. The van der Waals surface area contributed by atoms with Gasteiger partial charge in [-0.1, -0.05) is 59.4 Å². The van der Waals surface area contributed by atoms with Gasteiger partial charge >= 0.3 is 5.97 Å². The maximum absolute atomic E-state index is 13.4. The van der Waals surface area contributed by atoms with Gasteiger partial charge in [0.15, 0.2) is 11.5 Å². The number of non-ortho nitro benzene ring substituents is 1. The van der Waals surface area contributed by atoms with Gasteiger partial charge < -0.3 is 4.84 Å². The number of fused-ring (bicyclic) bond motifs is 1. The molecule has 212 valence electrons. The molecule has 0 aliphatic carbocycles. The molecule has 0 heterocycles. The zero-order chi connectivity index (χ0) is 30.5. The quantitative estimate of drug-likeness (QED) is 0.0573. The smallest absolute Gasteiger partial charge is 0.318 e. The Balaban J connectivity index is 1.32. The van der Waals surface area contributed by atoms with Crippen molar-refractivity contribution in [3.63, 3.8) is 0 Å². The Kier molecular flexibility index (Phi) is 8.54. The highest BCUT2D eigenvalue weighted by Crippen LogP contribution is 2.29. The molecule has 5 aromatic carbocycles. The average molecular weight is 589 g/mol. The molecule has 9 heteroatoms. The van der Waals surface area contributed by atoms with Gasteiger partial charge in [-0.05, 0) is 77.9 Å². The van der Waals surface area contributed by atoms with Crippen LogP contribution in [0.5, 0.6) is 0 Å². The lowest BCUT2D eigenvalue weighted by molar-refractivity contribution is -0.384. The molecule has 0 aromatic heterocycles. The van der Waals surface area contributed by atoms with Crippen LogP contribution in [0.1, 0.15) is 44.3 Å². The Bertz CT molecular complexity index is 1910. The minimum atomic E-state index is -0.731. The van der Waals surface area contributed by atoms with Gasteiger partial charge in [0.1, 0.15) is 0 Å². The van der Waals surface area contributed by atoms with Gasteiger partial charge in [-0.25, -0.2) is 4.79 Å². The van der Waals surface area contributed by atoms with Crippen LogP contribution in [0.25, 0.3) is 10.8 Å². The van der Waals surface area contributed by atoms with E-state index >= 15 is 0 Å². The van der Waals surface area contributed by atoms with Crippen molar-refractivity contribution in [3.05, 3.63) is 147 Å². The van der Waals surface area contributed by atoms with Crippen molar-refractivity contribution in [2.75, 3.05) is 0 Å². The van der Waals surface area contributed by atoms with E-state index in [4.69, 9.17) is 4.84 Å². The molecule has 8 nitrogen and oxygen atoms in total. The number of oxime groups is 1. The zero-order valence-corrected chi connectivity index (χ0v) is 24.0. The molecule has 5 rings (SSSR count). The summed E-state index contributed by atoms with van der Waals surface area (Å²) in [5.74, 6) is -1.35. The fraction of sp³-hybridized carbons (Fsp3) is 0.0588. The largest absolute Gasteiger partial charge is 0.332 e. The van der Waals surface area contributed by atoms with Crippen LogP contribution in [-0.2, 0) is 9.63 Å². The number of nitro groups is 1. The third-order valence-corrected chi connectivity index (χ3v) is 7.66. The first-order valence-corrected chi connectivity index (χ1v) is 14.0. The predicted octanol–water partition coefficient (Wildman–Crippen LogP) is 7.59. The highest BCUT2D eigenvalue weighted by Gasteiger charge is 2.22. The Labute approximate surface area is 251 Å². The first kappa shape index (κ1) is 29.1. The number of ketones is 2. The SMILES string of the molecule is CC(=O)ON=C(C(=O)c1ccc(Sc2ccc(C(=O)c3ccc4ccccc4c3)cc2)cc1)c1cc([N+](=O)[O-])ccc1C. The zero-order valence-electron chi connectivity index (χ0n) is 23.1. The van der Waals surface area contributed by atoms with E-state index in [9.17, 15) is 24.5 Å². The van der Waals surface area contributed by atoms with Crippen LogP contribution in [0.2, 0.25) is 0 Å². The second-order valence-corrected chi connectivity index (χ2v) is 10.8. The molecule has 0 amide bonds. The van der Waals surface area contributed by atoms with E-state index < -0.39 is 16.7 Å². The van der Waals surface area contributed by atoms with Crippen molar-refractivity contribution in [1.82, 2.24) is 0 Å². The van der Waals surface area contributed by atoms with E-state index in [-0.39, 0.29) is 28.3 Å². The van der Waals surface area contributed by atoms with Gasteiger partial charge in [-0.3, -0.25) is 19.7 Å². The molecule has 43 heavy (non-hydrogen) atoms. The van der Waals surface area contributed by atoms with Crippen LogP contribution >= 0.6 is 11.8 Å². The number of hydrogen-bond acceptors (Lipinski definition) is 8. The lowest BCUT2D eigenvalue weighted by atomic mass is 9.97. The third-order valence-electron chi connectivity index (χ3n) is 6.65. The Morgan fingerprint density at radius 3 is 1.98 bits per heavy atom. The second-order valence-electron chi connectivity index (χ2n) is 9.65. The van der Waals surface area contributed by atoms with E-state index in [0.29, 0.717) is 16.7 Å². The number of carbonyl (C=O) groups is 3. The number of nitrogens with zero attached hydrogens (tertiary/aromatic N) is 2. The molecule has 5 aromatic rings. The predicted molar refractivity (Wildman–Crippen MR) is 165 cm³/mol. The van der Waals surface area contributed by atoms with Gasteiger partial charge in [-0.2, -0.15) is 0 Å². The summed E-state index contributed by atoms with van der Waals surface area (Å²) in [5, 5.41) is 17.1. The van der Waals surface area contributed by atoms with E-state index in [1.54, 1.807) is 43.3 Å². The summed E-state index contributed by atoms with van der Waals surface area (Å²) >= 11 is 1.46. The lowest BCUT2D eigenvalue weighted by Gasteiger charge is -2.09. The van der Waals surface area contributed by atoms with E-state index in [1.807, 2.05) is 54.6 Å². The number of aryl methyl sites for hydroxylation is 1.